The highest BCUT2D eigenvalue weighted by Gasteiger charge is 2.39. The first-order valence-corrected chi connectivity index (χ1v) is 10.7. The number of aromatic nitrogens is 3. The van der Waals surface area contributed by atoms with Gasteiger partial charge in [0.15, 0.2) is 20.8 Å². The molecule has 0 unspecified atom stereocenters. The number of carbonyl (C=O) groups is 1. The van der Waals surface area contributed by atoms with Crippen molar-refractivity contribution >= 4 is 27.5 Å². The summed E-state index contributed by atoms with van der Waals surface area (Å²) in [5, 5.41) is 11.8. The van der Waals surface area contributed by atoms with Gasteiger partial charge < -0.3 is 9.88 Å². The molecule has 0 spiro atoms. The molecule has 9 heteroatoms. The summed E-state index contributed by atoms with van der Waals surface area (Å²) >= 11 is 1.28. The lowest BCUT2D eigenvalue weighted by atomic mass is 10.0. The van der Waals surface area contributed by atoms with Crippen molar-refractivity contribution < 1.29 is 13.2 Å². The van der Waals surface area contributed by atoms with Gasteiger partial charge in [0.25, 0.3) is 0 Å². The van der Waals surface area contributed by atoms with E-state index in [4.69, 9.17) is 0 Å². The number of hydrogen-bond donors (Lipinski definition) is 1. The third kappa shape index (κ3) is 4.21. The molecule has 1 saturated heterocycles. The summed E-state index contributed by atoms with van der Waals surface area (Å²) in [4.78, 5) is 12.2. The highest BCUT2D eigenvalue weighted by molar-refractivity contribution is 7.99. The maximum atomic E-state index is 12.2. The van der Waals surface area contributed by atoms with Crippen molar-refractivity contribution in [2.45, 2.75) is 24.0 Å². The Hall–Kier alpha value is -1.87. The van der Waals surface area contributed by atoms with Crippen molar-refractivity contribution in [2.24, 2.45) is 7.05 Å². The Bertz CT molecular complexity index is 880. The number of hydrogen-bond acceptors (Lipinski definition) is 6. The Morgan fingerprint density at radius 1 is 1.32 bits per heavy atom. The average molecular weight is 380 g/mol. The van der Waals surface area contributed by atoms with Crippen molar-refractivity contribution in [1.82, 2.24) is 20.1 Å². The maximum Gasteiger partial charge on any atom is 0.230 e. The minimum atomic E-state index is -3.05. The summed E-state index contributed by atoms with van der Waals surface area (Å²) in [5.74, 6) is 0.821. The molecule has 1 aromatic heterocycles. The van der Waals surface area contributed by atoms with Crippen molar-refractivity contribution in [3.63, 3.8) is 0 Å². The summed E-state index contributed by atoms with van der Waals surface area (Å²) < 4.78 is 25.1. The molecule has 134 valence electrons. The first-order chi connectivity index (χ1) is 11.8. The third-order valence-electron chi connectivity index (χ3n) is 4.14. The summed E-state index contributed by atoms with van der Waals surface area (Å²) in [5.41, 5.74) is 0.281. The van der Waals surface area contributed by atoms with Crippen LogP contribution in [-0.2, 0) is 21.7 Å². The molecule has 7 nitrogen and oxygen atoms in total. The zero-order chi connectivity index (χ0) is 18.1. The third-order valence-corrected chi connectivity index (χ3v) is 7.07. The normalized spacial score (nSPS) is 22.0. The van der Waals surface area contributed by atoms with Gasteiger partial charge in [-0.05, 0) is 13.3 Å². The van der Waals surface area contributed by atoms with Crippen molar-refractivity contribution in [3.8, 4) is 11.4 Å². The number of thioether (sulfide) groups is 1. The molecule has 1 atom stereocenters. The first-order valence-electron chi connectivity index (χ1n) is 7.87. The molecular formula is C16H20N4O3S2. The van der Waals surface area contributed by atoms with Gasteiger partial charge >= 0.3 is 0 Å². The lowest BCUT2D eigenvalue weighted by Gasteiger charge is -2.23. The lowest BCUT2D eigenvalue weighted by Crippen LogP contribution is -2.47. The SMILES string of the molecule is Cn1c(SCC(=O)N[C@]2(C)CCS(=O)(=O)C2)nnc1-c1ccccc1. The van der Waals surface area contributed by atoms with Crippen LogP contribution in [0.1, 0.15) is 13.3 Å². The van der Waals surface area contributed by atoms with Gasteiger partial charge in [0.05, 0.1) is 22.8 Å². The van der Waals surface area contributed by atoms with Gasteiger partial charge in [-0.3, -0.25) is 4.79 Å². The van der Waals surface area contributed by atoms with Crippen molar-refractivity contribution in [1.29, 1.82) is 0 Å². The fourth-order valence-electron chi connectivity index (χ4n) is 2.89. The van der Waals surface area contributed by atoms with Crippen LogP contribution < -0.4 is 5.32 Å². The Labute approximate surface area is 151 Å². The molecule has 0 bridgehead atoms. The van der Waals surface area contributed by atoms with E-state index in [1.807, 2.05) is 41.9 Å². The smallest absolute Gasteiger partial charge is 0.230 e. The minimum absolute atomic E-state index is 0.00147. The predicted octanol–water partition coefficient (Wildman–Crippen LogP) is 1.27. The molecule has 1 aliphatic heterocycles. The zero-order valence-electron chi connectivity index (χ0n) is 14.1. The molecule has 1 N–H and O–H groups in total. The van der Waals surface area contributed by atoms with Crippen LogP contribution in [0.3, 0.4) is 0 Å². The largest absolute Gasteiger partial charge is 0.349 e. The van der Waals surface area contributed by atoms with E-state index in [9.17, 15) is 13.2 Å². The van der Waals surface area contributed by atoms with Gasteiger partial charge in [-0.1, -0.05) is 42.1 Å². The fourth-order valence-corrected chi connectivity index (χ4v) is 5.70. The molecule has 1 aromatic carbocycles. The summed E-state index contributed by atoms with van der Waals surface area (Å²) in [7, 11) is -1.19. The molecule has 1 aliphatic rings. The molecule has 2 heterocycles. The second-order valence-corrected chi connectivity index (χ2v) is 9.60. The Morgan fingerprint density at radius 3 is 2.68 bits per heavy atom. The van der Waals surface area contributed by atoms with Crippen LogP contribution in [-0.4, -0.2) is 51.9 Å². The number of nitrogens with one attached hydrogen (secondary N) is 1. The van der Waals surface area contributed by atoms with Crippen LogP contribution in [0.15, 0.2) is 35.5 Å². The van der Waals surface area contributed by atoms with Crippen molar-refractivity contribution in [2.75, 3.05) is 17.3 Å². The Balaban J connectivity index is 1.61. The van der Waals surface area contributed by atoms with E-state index in [1.54, 1.807) is 6.92 Å². The Morgan fingerprint density at radius 2 is 2.04 bits per heavy atom. The monoisotopic (exact) mass is 380 g/mol. The molecule has 0 saturated carbocycles. The predicted molar refractivity (Wildman–Crippen MR) is 97.0 cm³/mol. The van der Waals surface area contributed by atoms with Gasteiger partial charge in [-0.2, -0.15) is 0 Å². The number of benzene rings is 1. The molecule has 0 aliphatic carbocycles. The summed E-state index contributed by atoms with van der Waals surface area (Å²) in [6.07, 6.45) is 0.452. The summed E-state index contributed by atoms with van der Waals surface area (Å²) in [6, 6.07) is 9.70. The molecule has 0 radical (unpaired) electrons. The molecule has 1 fully saturated rings. The summed E-state index contributed by atoms with van der Waals surface area (Å²) in [6.45, 7) is 1.77. The van der Waals surface area contributed by atoms with Crippen LogP contribution in [0.5, 0.6) is 0 Å². The van der Waals surface area contributed by atoms with Gasteiger partial charge in [0.1, 0.15) is 0 Å². The van der Waals surface area contributed by atoms with E-state index in [2.05, 4.69) is 15.5 Å². The van der Waals surface area contributed by atoms with E-state index in [1.165, 1.54) is 11.8 Å². The number of nitrogens with zero attached hydrogens (tertiary/aromatic N) is 3. The minimum Gasteiger partial charge on any atom is -0.349 e. The molecule has 3 rings (SSSR count). The molecular weight excluding hydrogens is 360 g/mol. The van der Waals surface area contributed by atoms with E-state index >= 15 is 0 Å². The van der Waals surface area contributed by atoms with E-state index in [-0.39, 0.29) is 23.2 Å². The van der Waals surface area contributed by atoms with Crippen molar-refractivity contribution in [3.05, 3.63) is 30.3 Å². The topological polar surface area (TPSA) is 94.0 Å². The second-order valence-electron chi connectivity index (χ2n) is 6.47. The highest BCUT2D eigenvalue weighted by Crippen LogP contribution is 2.24. The standard InChI is InChI=1S/C16H20N4O3S2/c1-16(8-9-25(22,23)11-16)17-13(21)10-24-15-19-18-14(20(15)2)12-6-4-3-5-7-12/h3-7H,8-11H2,1-2H3,(H,17,21)/t16-/m1/s1. The van der Waals surface area contributed by atoms with Gasteiger partial charge in [-0.15, -0.1) is 10.2 Å². The number of rotatable bonds is 5. The maximum absolute atomic E-state index is 12.2. The Kier molecular flexibility index (Phi) is 4.88. The van der Waals surface area contributed by atoms with Crippen LogP contribution in [0.4, 0.5) is 0 Å². The number of amides is 1. The van der Waals surface area contributed by atoms with E-state index in [0.29, 0.717) is 11.6 Å². The molecule has 25 heavy (non-hydrogen) atoms. The van der Waals surface area contributed by atoms with Crippen LogP contribution in [0.25, 0.3) is 11.4 Å². The van der Waals surface area contributed by atoms with Crippen LogP contribution >= 0.6 is 11.8 Å². The van der Waals surface area contributed by atoms with Gasteiger partial charge in [-0.25, -0.2) is 8.42 Å². The highest BCUT2D eigenvalue weighted by atomic mass is 32.2. The second kappa shape index (κ2) is 6.80. The van der Waals surface area contributed by atoms with Gasteiger partial charge in [0, 0.05) is 12.6 Å². The fraction of sp³-hybridized carbons (Fsp3) is 0.438. The van der Waals surface area contributed by atoms with Gasteiger partial charge in [0.2, 0.25) is 5.91 Å². The number of carbonyl (C=O) groups excluding carboxylic acids is 1. The quantitative estimate of drug-likeness (QED) is 0.785. The zero-order valence-corrected chi connectivity index (χ0v) is 15.7. The number of sulfone groups is 1. The molecule has 2 aromatic rings. The van der Waals surface area contributed by atoms with E-state index in [0.717, 1.165) is 11.4 Å². The van der Waals surface area contributed by atoms with E-state index < -0.39 is 15.4 Å². The average Bonchev–Trinajstić information content (AvgIpc) is 3.05. The van der Waals surface area contributed by atoms with Crippen LogP contribution in [0.2, 0.25) is 0 Å². The first kappa shape index (κ1) is 17.9. The van der Waals surface area contributed by atoms with Crippen LogP contribution in [0, 0.1) is 0 Å². The lowest BCUT2D eigenvalue weighted by molar-refractivity contribution is -0.120. The molecule has 1 amide bonds.